The van der Waals surface area contributed by atoms with Crippen LogP contribution in [-0.4, -0.2) is 16.5 Å². The minimum Gasteiger partial charge on any atom is -0.436 e. The molecule has 0 unspecified atom stereocenters. The van der Waals surface area contributed by atoms with Crippen molar-refractivity contribution in [1.82, 2.24) is 15.3 Å². The van der Waals surface area contributed by atoms with Crippen molar-refractivity contribution < 1.29 is 4.42 Å². The number of aryl methyl sites for hydroxylation is 2. The first-order valence-electron chi connectivity index (χ1n) is 5.96. The lowest BCUT2D eigenvalue weighted by Gasteiger charge is -2.02. The van der Waals surface area contributed by atoms with Gasteiger partial charge in [0.2, 0.25) is 0 Å². The second-order valence-electron chi connectivity index (χ2n) is 4.01. The normalized spacial score (nSPS) is 10.8. The predicted molar refractivity (Wildman–Crippen MR) is 71.7 cm³/mol. The van der Waals surface area contributed by atoms with Crippen molar-refractivity contribution in [2.45, 2.75) is 37.6 Å². The standard InChI is InChI=1S/C13H17N3OS/c1-4-14-7-11-5-6-12(15-8-11)18-13-16-9(2)10(3)17-13/h5-6,8,14H,4,7H2,1-3H3. The molecule has 0 spiro atoms. The molecule has 1 N–H and O–H groups in total. The van der Waals surface area contributed by atoms with Gasteiger partial charge in [-0.2, -0.15) is 0 Å². The third-order valence-electron chi connectivity index (χ3n) is 2.58. The zero-order valence-corrected chi connectivity index (χ0v) is 11.7. The smallest absolute Gasteiger partial charge is 0.262 e. The van der Waals surface area contributed by atoms with E-state index in [1.165, 1.54) is 17.3 Å². The summed E-state index contributed by atoms with van der Waals surface area (Å²) in [5.74, 6) is 0.862. The molecular weight excluding hydrogens is 246 g/mol. The first-order chi connectivity index (χ1) is 8.69. The number of rotatable bonds is 5. The Morgan fingerprint density at radius 2 is 2.17 bits per heavy atom. The van der Waals surface area contributed by atoms with Crippen molar-refractivity contribution in [3.05, 3.63) is 35.3 Å². The fourth-order valence-corrected chi connectivity index (χ4v) is 2.19. The first kappa shape index (κ1) is 13.1. The molecule has 0 aliphatic heterocycles. The largest absolute Gasteiger partial charge is 0.436 e. The maximum atomic E-state index is 5.51. The number of hydrogen-bond donors (Lipinski definition) is 1. The Kier molecular flexibility index (Phi) is 4.38. The van der Waals surface area contributed by atoms with Crippen LogP contribution >= 0.6 is 11.8 Å². The van der Waals surface area contributed by atoms with Gasteiger partial charge in [-0.1, -0.05) is 13.0 Å². The minimum absolute atomic E-state index is 0.650. The zero-order chi connectivity index (χ0) is 13.0. The Morgan fingerprint density at radius 1 is 1.33 bits per heavy atom. The third kappa shape index (κ3) is 3.34. The summed E-state index contributed by atoms with van der Waals surface area (Å²) in [6, 6.07) is 4.06. The van der Waals surface area contributed by atoms with Crippen molar-refractivity contribution in [2.75, 3.05) is 6.54 Å². The van der Waals surface area contributed by atoms with E-state index < -0.39 is 0 Å². The molecule has 18 heavy (non-hydrogen) atoms. The molecule has 2 aromatic rings. The van der Waals surface area contributed by atoms with Gasteiger partial charge in [0.15, 0.2) is 0 Å². The monoisotopic (exact) mass is 263 g/mol. The maximum absolute atomic E-state index is 5.51. The van der Waals surface area contributed by atoms with Gasteiger partial charge in [-0.25, -0.2) is 9.97 Å². The van der Waals surface area contributed by atoms with E-state index in [1.54, 1.807) is 0 Å². The number of aromatic nitrogens is 2. The number of hydrogen-bond acceptors (Lipinski definition) is 5. The van der Waals surface area contributed by atoms with Crippen molar-refractivity contribution in [2.24, 2.45) is 0 Å². The Bertz CT molecular complexity index is 488. The van der Waals surface area contributed by atoms with Crippen LogP contribution in [0.1, 0.15) is 23.9 Å². The highest BCUT2D eigenvalue weighted by atomic mass is 32.2. The minimum atomic E-state index is 0.650. The molecule has 0 aliphatic rings. The van der Waals surface area contributed by atoms with Gasteiger partial charge in [-0.15, -0.1) is 0 Å². The average molecular weight is 263 g/mol. The van der Waals surface area contributed by atoms with Crippen molar-refractivity contribution in [1.29, 1.82) is 0 Å². The summed E-state index contributed by atoms with van der Waals surface area (Å²) in [6.45, 7) is 7.76. The van der Waals surface area contributed by atoms with Crippen molar-refractivity contribution in [3.63, 3.8) is 0 Å². The molecule has 0 fully saturated rings. The summed E-state index contributed by atoms with van der Waals surface area (Å²) in [5.41, 5.74) is 2.11. The summed E-state index contributed by atoms with van der Waals surface area (Å²) in [7, 11) is 0. The van der Waals surface area contributed by atoms with E-state index in [4.69, 9.17) is 4.42 Å². The molecule has 0 aliphatic carbocycles. The van der Waals surface area contributed by atoms with Crippen LogP contribution in [0.2, 0.25) is 0 Å². The quantitative estimate of drug-likeness (QED) is 0.898. The van der Waals surface area contributed by atoms with Crippen molar-refractivity contribution in [3.8, 4) is 0 Å². The van der Waals surface area contributed by atoms with Crippen LogP contribution in [0, 0.1) is 13.8 Å². The summed E-state index contributed by atoms with van der Waals surface area (Å²) in [4.78, 5) is 8.71. The van der Waals surface area contributed by atoms with E-state index in [0.29, 0.717) is 5.22 Å². The Morgan fingerprint density at radius 3 is 2.72 bits per heavy atom. The van der Waals surface area contributed by atoms with Gasteiger partial charge in [-0.3, -0.25) is 0 Å². The van der Waals surface area contributed by atoms with E-state index >= 15 is 0 Å². The van der Waals surface area contributed by atoms with E-state index in [2.05, 4.69) is 28.3 Å². The lowest BCUT2D eigenvalue weighted by Crippen LogP contribution is -2.11. The van der Waals surface area contributed by atoms with Gasteiger partial charge < -0.3 is 9.73 Å². The van der Waals surface area contributed by atoms with Crippen LogP contribution in [0.3, 0.4) is 0 Å². The summed E-state index contributed by atoms with van der Waals surface area (Å²) >= 11 is 1.45. The number of nitrogens with zero attached hydrogens (tertiary/aromatic N) is 2. The Hall–Kier alpha value is -1.33. The highest BCUT2D eigenvalue weighted by Crippen LogP contribution is 2.26. The number of nitrogens with one attached hydrogen (secondary N) is 1. The highest BCUT2D eigenvalue weighted by Gasteiger charge is 2.08. The van der Waals surface area contributed by atoms with Gasteiger partial charge in [0.1, 0.15) is 10.8 Å². The van der Waals surface area contributed by atoms with Gasteiger partial charge >= 0.3 is 0 Å². The van der Waals surface area contributed by atoms with Gasteiger partial charge in [0.25, 0.3) is 5.22 Å². The molecule has 2 aromatic heterocycles. The molecule has 4 nitrogen and oxygen atoms in total. The second-order valence-corrected chi connectivity index (χ2v) is 4.98. The molecule has 0 saturated heterocycles. The van der Waals surface area contributed by atoms with E-state index in [1.807, 2.05) is 26.1 Å². The van der Waals surface area contributed by atoms with E-state index in [-0.39, 0.29) is 0 Å². The Labute approximate surface area is 111 Å². The van der Waals surface area contributed by atoms with Crippen LogP contribution in [0.5, 0.6) is 0 Å². The average Bonchev–Trinajstić information content (AvgIpc) is 2.67. The van der Waals surface area contributed by atoms with Crippen LogP contribution < -0.4 is 5.32 Å². The molecule has 2 rings (SSSR count). The van der Waals surface area contributed by atoms with E-state index in [0.717, 1.165) is 29.6 Å². The predicted octanol–water partition coefficient (Wildman–Crippen LogP) is 2.95. The van der Waals surface area contributed by atoms with E-state index in [9.17, 15) is 0 Å². The van der Waals surface area contributed by atoms with Gasteiger partial charge in [0.05, 0.1) is 5.69 Å². The van der Waals surface area contributed by atoms with Crippen LogP contribution in [0.4, 0.5) is 0 Å². The molecule has 5 heteroatoms. The second kappa shape index (κ2) is 6.02. The van der Waals surface area contributed by atoms with Crippen LogP contribution in [-0.2, 0) is 6.54 Å². The molecular formula is C13H17N3OS. The molecule has 0 atom stereocenters. The van der Waals surface area contributed by atoms with Crippen molar-refractivity contribution >= 4 is 11.8 Å². The highest BCUT2D eigenvalue weighted by molar-refractivity contribution is 7.99. The first-order valence-corrected chi connectivity index (χ1v) is 6.78. The number of oxazole rings is 1. The van der Waals surface area contributed by atoms with Crippen LogP contribution in [0.15, 0.2) is 33.0 Å². The summed E-state index contributed by atoms with van der Waals surface area (Å²) in [6.07, 6.45) is 1.88. The molecule has 0 saturated carbocycles. The Balaban J connectivity index is 2.01. The summed E-state index contributed by atoms with van der Waals surface area (Å²) < 4.78 is 5.51. The molecule has 2 heterocycles. The summed E-state index contributed by atoms with van der Waals surface area (Å²) in [5, 5.41) is 4.82. The lowest BCUT2D eigenvalue weighted by atomic mass is 10.3. The molecule has 0 bridgehead atoms. The zero-order valence-electron chi connectivity index (χ0n) is 10.9. The maximum Gasteiger partial charge on any atom is 0.262 e. The molecule has 0 aromatic carbocycles. The fraction of sp³-hybridized carbons (Fsp3) is 0.385. The SMILES string of the molecule is CCNCc1ccc(Sc2nc(C)c(C)o2)nc1. The molecule has 0 amide bonds. The van der Waals surface area contributed by atoms with Gasteiger partial charge in [0, 0.05) is 12.7 Å². The fourth-order valence-electron chi connectivity index (χ4n) is 1.42. The molecule has 96 valence electrons. The van der Waals surface area contributed by atoms with Crippen LogP contribution in [0.25, 0.3) is 0 Å². The van der Waals surface area contributed by atoms with Gasteiger partial charge in [-0.05, 0) is 43.8 Å². The molecule has 0 radical (unpaired) electrons. The number of pyridine rings is 1. The third-order valence-corrected chi connectivity index (χ3v) is 3.38. The topological polar surface area (TPSA) is 51.0 Å². The lowest BCUT2D eigenvalue weighted by molar-refractivity contribution is 0.431.